The molecule has 0 bridgehead atoms. The van der Waals surface area contributed by atoms with Crippen molar-refractivity contribution in [2.45, 2.75) is 39.0 Å². The zero-order valence-electron chi connectivity index (χ0n) is 14.0. The second-order valence-electron chi connectivity index (χ2n) is 6.20. The van der Waals surface area contributed by atoms with Crippen molar-refractivity contribution in [1.82, 2.24) is 4.90 Å². The molecule has 0 amide bonds. The largest absolute Gasteiger partial charge is 0.496 e. The van der Waals surface area contributed by atoms with Gasteiger partial charge in [0, 0.05) is 36.7 Å². The number of benzene rings is 1. The smallest absolute Gasteiger partial charge is 0.123 e. The average molecular weight is 331 g/mol. The van der Waals surface area contributed by atoms with Crippen LogP contribution in [0.15, 0.2) is 35.7 Å². The summed E-state index contributed by atoms with van der Waals surface area (Å²) >= 11 is 1.82. The van der Waals surface area contributed by atoms with Crippen molar-refractivity contribution in [2.75, 3.05) is 20.3 Å². The van der Waals surface area contributed by atoms with Crippen LogP contribution < -0.4 is 4.74 Å². The van der Waals surface area contributed by atoms with E-state index in [4.69, 9.17) is 9.47 Å². The van der Waals surface area contributed by atoms with Crippen LogP contribution in [0.3, 0.4) is 0 Å². The molecule has 0 radical (unpaired) electrons. The predicted octanol–water partition coefficient (Wildman–Crippen LogP) is 4.25. The minimum atomic E-state index is 0.366. The fourth-order valence-electron chi connectivity index (χ4n) is 3.16. The van der Waals surface area contributed by atoms with E-state index in [-0.39, 0.29) is 0 Å². The summed E-state index contributed by atoms with van der Waals surface area (Å²) in [6, 6.07) is 10.7. The molecule has 1 aliphatic rings. The van der Waals surface area contributed by atoms with Crippen LogP contribution in [0.4, 0.5) is 0 Å². The number of hydrogen-bond acceptors (Lipinski definition) is 4. The van der Waals surface area contributed by atoms with E-state index in [2.05, 4.69) is 47.5 Å². The van der Waals surface area contributed by atoms with E-state index in [1.54, 1.807) is 7.11 Å². The zero-order chi connectivity index (χ0) is 16.1. The molecule has 1 aliphatic heterocycles. The summed E-state index contributed by atoms with van der Waals surface area (Å²) in [6.45, 7) is 5.88. The highest BCUT2D eigenvalue weighted by Crippen LogP contribution is 2.24. The van der Waals surface area contributed by atoms with Gasteiger partial charge in [0.05, 0.1) is 13.2 Å². The van der Waals surface area contributed by atoms with Gasteiger partial charge in [0.2, 0.25) is 0 Å². The van der Waals surface area contributed by atoms with Crippen molar-refractivity contribution in [3.63, 3.8) is 0 Å². The molecule has 2 aromatic rings. The van der Waals surface area contributed by atoms with Crippen LogP contribution in [0.1, 0.15) is 28.8 Å². The van der Waals surface area contributed by atoms with E-state index >= 15 is 0 Å². The van der Waals surface area contributed by atoms with Crippen molar-refractivity contribution < 1.29 is 9.47 Å². The van der Waals surface area contributed by atoms with Gasteiger partial charge < -0.3 is 9.47 Å². The number of aryl methyl sites for hydroxylation is 1. The van der Waals surface area contributed by atoms with Gasteiger partial charge in [-0.3, -0.25) is 4.90 Å². The van der Waals surface area contributed by atoms with E-state index in [9.17, 15) is 0 Å². The first-order chi connectivity index (χ1) is 11.2. The van der Waals surface area contributed by atoms with Gasteiger partial charge in [0.15, 0.2) is 0 Å². The first kappa shape index (κ1) is 16.5. The number of methoxy groups -OCH3 is 1. The molecule has 1 aromatic carbocycles. The second kappa shape index (κ2) is 7.95. The van der Waals surface area contributed by atoms with Gasteiger partial charge in [-0.1, -0.05) is 23.8 Å². The van der Waals surface area contributed by atoms with Crippen LogP contribution in [0.5, 0.6) is 5.75 Å². The fourth-order valence-corrected chi connectivity index (χ4v) is 3.90. The maximum absolute atomic E-state index is 5.85. The minimum absolute atomic E-state index is 0.366. The Morgan fingerprint density at radius 2 is 2.22 bits per heavy atom. The molecule has 124 valence electrons. The first-order valence-corrected chi connectivity index (χ1v) is 9.12. The van der Waals surface area contributed by atoms with Gasteiger partial charge in [-0.25, -0.2) is 0 Å². The van der Waals surface area contributed by atoms with Gasteiger partial charge in [-0.15, -0.1) is 11.3 Å². The third-order valence-electron chi connectivity index (χ3n) is 4.28. The van der Waals surface area contributed by atoms with E-state index < -0.39 is 0 Å². The summed E-state index contributed by atoms with van der Waals surface area (Å²) in [6.07, 6.45) is 2.72. The Kier molecular flexibility index (Phi) is 5.70. The van der Waals surface area contributed by atoms with Crippen LogP contribution in [0.2, 0.25) is 0 Å². The maximum atomic E-state index is 5.85. The van der Waals surface area contributed by atoms with Gasteiger partial charge in [-0.2, -0.15) is 0 Å². The van der Waals surface area contributed by atoms with Crippen molar-refractivity contribution in [1.29, 1.82) is 0 Å². The van der Waals surface area contributed by atoms with Crippen molar-refractivity contribution in [2.24, 2.45) is 0 Å². The molecule has 1 aromatic heterocycles. The van der Waals surface area contributed by atoms with Crippen LogP contribution in [-0.2, 0) is 17.8 Å². The summed E-state index contributed by atoms with van der Waals surface area (Å²) in [5.41, 5.74) is 2.52. The molecule has 23 heavy (non-hydrogen) atoms. The molecule has 4 heteroatoms. The Morgan fingerprint density at radius 1 is 1.30 bits per heavy atom. The molecule has 2 heterocycles. The quantitative estimate of drug-likeness (QED) is 0.757. The SMILES string of the molecule is COc1ccc(C)cc1CN(Cc1cccs1)CC1CCCO1. The zero-order valence-corrected chi connectivity index (χ0v) is 14.8. The van der Waals surface area contributed by atoms with Crippen LogP contribution in [0.25, 0.3) is 0 Å². The molecule has 1 unspecified atom stereocenters. The molecular weight excluding hydrogens is 306 g/mol. The Bertz CT molecular complexity index is 606. The third-order valence-corrected chi connectivity index (χ3v) is 5.14. The molecule has 3 rings (SSSR count). The molecule has 0 aliphatic carbocycles. The lowest BCUT2D eigenvalue weighted by Crippen LogP contribution is -2.31. The van der Waals surface area contributed by atoms with E-state index in [0.29, 0.717) is 6.10 Å². The summed E-state index contributed by atoms with van der Waals surface area (Å²) in [4.78, 5) is 3.88. The van der Waals surface area contributed by atoms with Gasteiger partial charge in [0.25, 0.3) is 0 Å². The summed E-state index contributed by atoms with van der Waals surface area (Å²) in [7, 11) is 1.75. The molecule has 0 N–H and O–H groups in total. The number of hydrogen-bond donors (Lipinski definition) is 0. The lowest BCUT2D eigenvalue weighted by Gasteiger charge is -2.25. The monoisotopic (exact) mass is 331 g/mol. The Hall–Kier alpha value is -1.36. The number of ether oxygens (including phenoxy) is 2. The van der Waals surface area contributed by atoms with Crippen molar-refractivity contribution >= 4 is 11.3 Å². The molecule has 1 fully saturated rings. The standard InChI is InChI=1S/C19H25NO2S/c1-15-7-8-19(21-2)16(11-15)12-20(13-17-5-3-9-22-17)14-18-6-4-10-23-18/h4,6-8,10-11,17H,3,5,9,12-14H2,1-2H3. The predicted molar refractivity (Wildman–Crippen MR) is 95.1 cm³/mol. The first-order valence-electron chi connectivity index (χ1n) is 8.24. The third kappa shape index (κ3) is 4.56. The highest BCUT2D eigenvalue weighted by molar-refractivity contribution is 7.09. The summed E-state index contributed by atoms with van der Waals surface area (Å²) in [5.74, 6) is 0.971. The number of thiophene rings is 1. The molecule has 1 atom stereocenters. The maximum Gasteiger partial charge on any atom is 0.123 e. The van der Waals surface area contributed by atoms with E-state index in [1.807, 2.05) is 11.3 Å². The van der Waals surface area contributed by atoms with Crippen molar-refractivity contribution in [3.05, 3.63) is 51.7 Å². The fraction of sp³-hybridized carbons (Fsp3) is 0.474. The lowest BCUT2D eigenvalue weighted by atomic mass is 10.1. The summed E-state index contributed by atoms with van der Waals surface area (Å²) < 4.78 is 11.4. The van der Waals surface area contributed by atoms with Crippen molar-refractivity contribution in [3.8, 4) is 5.75 Å². The Morgan fingerprint density at radius 3 is 2.91 bits per heavy atom. The summed E-state index contributed by atoms with van der Waals surface area (Å²) in [5, 5.41) is 2.15. The minimum Gasteiger partial charge on any atom is -0.496 e. The van der Waals surface area contributed by atoms with Gasteiger partial charge >= 0.3 is 0 Å². The lowest BCUT2D eigenvalue weighted by molar-refractivity contribution is 0.0680. The average Bonchev–Trinajstić information content (AvgIpc) is 3.21. The molecule has 0 saturated carbocycles. The Labute approximate surface area is 142 Å². The normalized spacial score (nSPS) is 17.8. The topological polar surface area (TPSA) is 21.7 Å². The van der Waals surface area contributed by atoms with Gasteiger partial charge in [0.1, 0.15) is 5.75 Å². The number of nitrogens with zero attached hydrogens (tertiary/aromatic N) is 1. The molecule has 3 nitrogen and oxygen atoms in total. The van der Waals surface area contributed by atoms with Crippen LogP contribution in [0, 0.1) is 6.92 Å². The number of rotatable bonds is 7. The molecule has 0 spiro atoms. The van der Waals surface area contributed by atoms with Crippen LogP contribution in [-0.4, -0.2) is 31.3 Å². The second-order valence-corrected chi connectivity index (χ2v) is 7.23. The highest BCUT2D eigenvalue weighted by Gasteiger charge is 2.20. The van der Waals surface area contributed by atoms with Crippen LogP contribution >= 0.6 is 11.3 Å². The van der Waals surface area contributed by atoms with E-state index in [1.165, 1.54) is 28.8 Å². The highest BCUT2D eigenvalue weighted by atomic mass is 32.1. The molecular formula is C19H25NO2S. The van der Waals surface area contributed by atoms with Gasteiger partial charge in [-0.05, 0) is 37.3 Å². The van der Waals surface area contributed by atoms with E-state index in [0.717, 1.165) is 32.0 Å². The molecule has 1 saturated heterocycles. The Balaban J connectivity index is 1.75.